The van der Waals surface area contributed by atoms with Crippen molar-refractivity contribution in [2.45, 2.75) is 57.0 Å². The van der Waals surface area contributed by atoms with E-state index in [2.05, 4.69) is 23.7 Å². The maximum absolute atomic E-state index is 14.6. The number of halogens is 1. The summed E-state index contributed by atoms with van der Waals surface area (Å²) in [5.41, 5.74) is 2.18. The van der Waals surface area contributed by atoms with Crippen molar-refractivity contribution in [3.63, 3.8) is 0 Å². The summed E-state index contributed by atoms with van der Waals surface area (Å²) in [5, 5.41) is 18.9. The topological polar surface area (TPSA) is 48.9 Å². The standard InChI is InChI=1S/C21H25FN2O/c1-3-21(25)9-7-17-14-5-4-12-15(13(14)6-8-20(17,21)2)10-18(22)19-16(12)11-23-24-19/h3,10-11,13-14,17,25H,1,4-9H2,2H3,(H,23,24)/t13?,14?,17?,20-,21-/m0/s1. The van der Waals surface area contributed by atoms with Gasteiger partial charge in [-0.1, -0.05) is 13.0 Å². The molecule has 2 fully saturated rings. The van der Waals surface area contributed by atoms with Gasteiger partial charge in [0.05, 0.1) is 11.8 Å². The number of nitrogens with zero attached hydrogens (tertiary/aromatic N) is 1. The van der Waals surface area contributed by atoms with Crippen molar-refractivity contribution in [3.05, 3.63) is 41.9 Å². The number of hydrogen-bond donors (Lipinski definition) is 2. The molecule has 0 aliphatic heterocycles. The highest BCUT2D eigenvalue weighted by molar-refractivity contribution is 5.84. The van der Waals surface area contributed by atoms with Crippen molar-refractivity contribution in [1.82, 2.24) is 10.2 Å². The Morgan fingerprint density at radius 3 is 3.00 bits per heavy atom. The van der Waals surface area contributed by atoms with Crippen molar-refractivity contribution >= 4 is 10.9 Å². The van der Waals surface area contributed by atoms with Gasteiger partial charge in [-0.05, 0) is 73.5 Å². The monoisotopic (exact) mass is 340 g/mol. The molecule has 0 amide bonds. The lowest BCUT2D eigenvalue weighted by Gasteiger charge is -2.52. The molecule has 3 nitrogen and oxygen atoms in total. The third-order valence-electron chi connectivity index (χ3n) is 7.95. The van der Waals surface area contributed by atoms with Crippen molar-refractivity contribution in [1.29, 1.82) is 0 Å². The fourth-order valence-electron chi connectivity index (χ4n) is 6.53. The van der Waals surface area contributed by atoms with E-state index in [4.69, 9.17) is 0 Å². The smallest absolute Gasteiger partial charge is 0.149 e. The zero-order valence-corrected chi connectivity index (χ0v) is 14.7. The molecule has 5 atom stereocenters. The fourth-order valence-corrected chi connectivity index (χ4v) is 6.53. The number of rotatable bonds is 1. The second kappa shape index (κ2) is 4.94. The van der Waals surface area contributed by atoms with Crippen LogP contribution in [0.2, 0.25) is 0 Å². The Morgan fingerprint density at radius 1 is 1.36 bits per heavy atom. The SMILES string of the molecule is C=C[C@]1(O)CCC2C3CCc4c(cc(F)c5[nH]ncc45)C3CC[C@@]21C. The minimum atomic E-state index is -0.747. The van der Waals surface area contributed by atoms with Crippen molar-refractivity contribution in [2.24, 2.45) is 17.3 Å². The third-order valence-corrected chi connectivity index (χ3v) is 7.95. The number of aromatic nitrogens is 2. The summed E-state index contributed by atoms with van der Waals surface area (Å²) in [6.45, 7) is 6.17. The van der Waals surface area contributed by atoms with Gasteiger partial charge in [-0.3, -0.25) is 5.10 Å². The van der Waals surface area contributed by atoms with E-state index in [1.807, 2.05) is 0 Å². The minimum absolute atomic E-state index is 0.0916. The van der Waals surface area contributed by atoms with E-state index in [0.717, 1.165) is 43.9 Å². The summed E-state index contributed by atoms with van der Waals surface area (Å²) < 4.78 is 14.6. The van der Waals surface area contributed by atoms with Crippen LogP contribution in [0.1, 0.15) is 56.1 Å². The molecule has 0 radical (unpaired) electrons. The molecular formula is C21H25FN2O. The maximum atomic E-state index is 14.6. The molecule has 1 aromatic heterocycles. The minimum Gasteiger partial charge on any atom is -0.385 e. The molecule has 0 bridgehead atoms. The summed E-state index contributed by atoms with van der Waals surface area (Å²) in [5.74, 6) is 1.24. The summed E-state index contributed by atoms with van der Waals surface area (Å²) in [7, 11) is 0. The van der Waals surface area contributed by atoms with Gasteiger partial charge in [-0.25, -0.2) is 4.39 Å². The number of hydrogen-bond acceptors (Lipinski definition) is 2. The number of fused-ring (bicyclic) bond motifs is 7. The van der Waals surface area contributed by atoms with E-state index in [1.165, 1.54) is 11.1 Å². The highest BCUT2D eigenvalue weighted by Crippen LogP contribution is 2.64. The lowest BCUT2D eigenvalue weighted by Crippen LogP contribution is -2.49. The Bertz CT molecular complexity index is 874. The van der Waals surface area contributed by atoms with Gasteiger partial charge < -0.3 is 5.11 Å². The van der Waals surface area contributed by atoms with Gasteiger partial charge in [0.25, 0.3) is 0 Å². The molecule has 3 unspecified atom stereocenters. The molecule has 2 N–H and O–H groups in total. The van der Waals surface area contributed by atoms with E-state index < -0.39 is 5.60 Å². The van der Waals surface area contributed by atoms with Crippen molar-refractivity contribution in [3.8, 4) is 0 Å². The quantitative estimate of drug-likeness (QED) is 0.752. The van der Waals surface area contributed by atoms with Gasteiger partial charge in [0.1, 0.15) is 11.3 Å². The molecular weight excluding hydrogens is 315 g/mol. The van der Waals surface area contributed by atoms with E-state index >= 15 is 0 Å². The van der Waals surface area contributed by atoms with Crippen LogP contribution in [0.4, 0.5) is 4.39 Å². The summed E-state index contributed by atoms with van der Waals surface area (Å²) in [6, 6.07) is 1.75. The molecule has 132 valence electrons. The van der Waals surface area contributed by atoms with Crippen LogP contribution in [0, 0.1) is 23.1 Å². The first-order valence-corrected chi connectivity index (χ1v) is 9.49. The van der Waals surface area contributed by atoms with E-state index in [1.54, 1.807) is 18.3 Å². The number of aliphatic hydroxyl groups is 1. The molecule has 1 aromatic carbocycles. The predicted molar refractivity (Wildman–Crippen MR) is 95.8 cm³/mol. The molecule has 2 aromatic rings. The molecule has 3 aliphatic carbocycles. The first-order chi connectivity index (χ1) is 12.0. The van der Waals surface area contributed by atoms with Crippen molar-refractivity contribution in [2.75, 3.05) is 0 Å². The number of nitrogens with one attached hydrogen (secondary N) is 1. The maximum Gasteiger partial charge on any atom is 0.149 e. The average molecular weight is 340 g/mol. The Morgan fingerprint density at radius 2 is 2.20 bits per heavy atom. The van der Waals surface area contributed by atoms with Gasteiger partial charge in [0.15, 0.2) is 0 Å². The van der Waals surface area contributed by atoms with Crippen LogP contribution in [0.25, 0.3) is 10.9 Å². The highest BCUT2D eigenvalue weighted by Gasteiger charge is 2.60. The molecule has 4 heteroatoms. The Labute approximate surface area is 147 Å². The van der Waals surface area contributed by atoms with Crippen LogP contribution in [0.15, 0.2) is 24.9 Å². The van der Waals surface area contributed by atoms with Crippen LogP contribution in [-0.4, -0.2) is 20.9 Å². The lowest BCUT2D eigenvalue weighted by atomic mass is 9.53. The first kappa shape index (κ1) is 15.6. The zero-order chi connectivity index (χ0) is 17.4. The van der Waals surface area contributed by atoms with Crippen LogP contribution < -0.4 is 0 Å². The summed E-state index contributed by atoms with van der Waals surface area (Å²) in [6.07, 6.45) is 9.50. The molecule has 25 heavy (non-hydrogen) atoms. The molecule has 3 aliphatic rings. The van der Waals surface area contributed by atoms with Gasteiger partial charge in [0.2, 0.25) is 0 Å². The Hall–Kier alpha value is -1.68. The van der Waals surface area contributed by atoms with Crippen LogP contribution in [0.5, 0.6) is 0 Å². The van der Waals surface area contributed by atoms with Gasteiger partial charge in [-0.2, -0.15) is 5.10 Å². The Balaban J connectivity index is 1.60. The van der Waals surface area contributed by atoms with Gasteiger partial charge >= 0.3 is 0 Å². The molecule has 5 rings (SSSR count). The lowest BCUT2D eigenvalue weighted by molar-refractivity contribution is -0.0707. The van der Waals surface area contributed by atoms with Crippen LogP contribution in [-0.2, 0) is 6.42 Å². The second-order valence-electron chi connectivity index (χ2n) is 8.62. The predicted octanol–water partition coefficient (Wildman–Crippen LogP) is 4.48. The zero-order valence-electron chi connectivity index (χ0n) is 14.7. The van der Waals surface area contributed by atoms with Crippen LogP contribution in [0.3, 0.4) is 0 Å². The highest BCUT2D eigenvalue weighted by atomic mass is 19.1. The summed E-state index contributed by atoms with van der Waals surface area (Å²) >= 11 is 0. The third kappa shape index (κ3) is 1.81. The second-order valence-corrected chi connectivity index (χ2v) is 8.62. The molecule has 2 saturated carbocycles. The first-order valence-electron chi connectivity index (χ1n) is 9.49. The van der Waals surface area contributed by atoms with E-state index in [-0.39, 0.29) is 11.2 Å². The van der Waals surface area contributed by atoms with Crippen LogP contribution >= 0.6 is 0 Å². The average Bonchev–Trinajstić information content (AvgIpc) is 3.19. The normalized spacial score (nSPS) is 39.7. The number of aromatic amines is 1. The molecule has 0 saturated heterocycles. The number of H-pyrrole nitrogens is 1. The largest absolute Gasteiger partial charge is 0.385 e. The van der Waals surface area contributed by atoms with Crippen molar-refractivity contribution < 1.29 is 9.50 Å². The molecule has 0 spiro atoms. The van der Waals surface area contributed by atoms with E-state index in [9.17, 15) is 9.50 Å². The van der Waals surface area contributed by atoms with Gasteiger partial charge in [-0.15, -0.1) is 6.58 Å². The van der Waals surface area contributed by atoms with Gasteiger partial charge in [0, 0.05) is 10.8 Å². The van der Waals surface area contributed by atoms with E-state index in [0.29, 0.717) is 23.3 Å². The number of benzene rings is 1. The number of aryl methyl sites for hydroxylation is 1. The molecule has 1 heterocycles. The summed E-state index contributed by atoms with van der Waals surface area (Å²) in [4.78, 5) is 0. The Kier molecular flexibility index (Phi) is 3.08. The fraction of sp³-hybridized carbons (Fsp3) is 0.571.